The number of ether oxygens (including phenoxy) is 1. The lowest BCUT2D eigenvalue weighted by Crippen LogP contribution is -2.17. The minimum atomic E-state index is -0.181. The SMILES string of the molecule is COc1cc(C)c(C(=O)C(Br)CBr)cc1C. The highest BCUT2D eigenvalue weighted by atomic mass is 79.9. The minimum Gasteiger partial charge on any atom is -0.496 e. The van der Waals surface area contributed by atoms with E-state index in [1.165, 1.54) is 0 Å². The van der Waals surface area contributed by atoms with Crippen molar-refractivity contribution in [1.82, 2.24) is 0 Å². The first-order valence-corrected chi connectivity index (χ1v) is 6.94. The summed E-state index contributed by atoms with van der Waals surface area (Å²) in [7, 11) is 1.63. The van der Waals surface area contributed by atoms with Crippen molar-refractivity contribution < 1.29 is 9.53 Å². The van der Waals surface area contributed by atoms with Crippen LogP contribution in [-0.2, 0) is 0 Å². The van der Waals surface area contributed by atoms with Crippen LogP contribution in [0.4, 0.5) is 0 Å². The average molecular weight is 350 g/mol. The summed E-state index contributed by atoms with van der Waals surface area (Å²) in [5.41, 5.74) is 2.67. The predicted octanol–water partition coefficient (Wildman–Crippen LogP) is 3.65. The maximum absolute atomic E-state index is 12.0. The molecule has 1 aromatic rings. The summed E-state index contributed by atoms with van der Waals surface area (Å²) in [6.45, 7) is 3.86. The van der Waals surface area contributed by atoms with Crippen LogP contribution in [0.25, 0.3) is 0 Å². The van der Waals surface area contributed by atoms with Crippen LogP contribution >= 0.6 is 31.9 Å². The average Bonchev–Trinajstić information content (AvgIpc) is 2.29. The Balaban J connectivity index is 3.16. The number of aryl methyl sites for hydroxylation is 2. The summed E-state index contributed by atoms with van der Waals surface area (Å²) in [4.78, 5) is 11.8. The third-order valence-corrected chi connectivity index (χ3v) is 4.68. The van der Waals surface area contributed by atoms with Crippen LogP contribution < -0.4 is 4.74 Å². The van der Waals surface area contributed by atoms with E-state index in [1.807, 2.05) is 26.0 Å². The van der Waals surface area contributed by atoms with E-state index in [2.05, 4.69) is 31.9 Å². The van der Waals surface area contributed by atoms with Crippen LogP contribution in [0, 0.1) is 13.8 Å². The van der Waals surface area contributed by atoms with E-state index < -0.39 is 0 Å². The number of Topliss-reactive ketones (excluding diaryl/α,β-unsaturated/α-hetero) is 1. The van der Waals surface area contributed by atoms with E-state index in [9.17, 15) is 4.79 Å². The third kappa shape index (κ3) is 2.86. The zero-order chi connectivity index (χ0) is 12.3. The topological polar surface area (TPSA) is 26.3 Å². The van der Waals surface area contributed by atoms with Crippen molar-refractivity contribution in [3.05, 3.63) is 28.8 Å². The van der Waals surface area contributed by atoms with Gasteiger partial charge in [0.2, 0.25) is 0 Å². The Morgan fingerprint density at radius 3 is 2.50 bits per heavy atom. The molecule has 0 aromatic heterocycles. The molecule has 4 heteroatoms. The number of methoxy groups -OCH3 is 1. The Labute approximate surface area is 113 Å². The summed E-state index contributed by atoms with van der Waals surface area (Å²) < 4.78 is 5.22. The van der Waals surface area contributed by atoms with Gasteiger partial charge < -0.3 is 4.74 Å². The predicted molar refractivity (Wildman–Crippen MR) is 73.3 cm³/mol. The molecule has 0 heterocycles. The van der Waals surface area contributed by atoms with Gasteiger partial charge in [-0.2, -0.15) is 0 Å². The fourth-order valence-corrected chi connectivity index (χ4v) is 2.05. The van der Waals surface area contributed by atoms with E-state index in [1.54, 1.807) is 7.11 Å². The quantitative estimate of drug-likeness (QED) is 0.612. The molecule has 16 heavy (non-hydrogen) atoms. The lowest BCUT2D eigenvalue weighted by molar-refractivity contribution is 0.0996. The van der Waals surface area contributed by atoms with Gasteiger partial charge in [0.25, 0.3) is 0 Å². The van der Waals surface area contributed by atoms with Crippen molar-refractivity contribution in [3.8, 4) is 5.75 Å². The van der Waals surface area contributed by atoms with Crippen molar-refractivity contribution in [2.45, 2.75) is 18.7 Å². The van der Waals surface area contributed by atoms with Gasteiger partial charge in [0.1, 0.15) is 5.75 Å². The smallest absolute Gasteiger partial charge is 0.177 e. The fraction of sp³-hybridized carbons (Fsp3) is 0.417. The largest absolute Gasteiger partial charge is 0.496 e. The Hall–Kier alpha value is -0.350. The van der Waals surface area contributed by atoms with Gasteiger partial charge in [0.05, 0.1) is 11.9 Å². The fourth-order valence-electron chi connectivity index (χ4n) is 1.51. The molecule has 88 valence electrons. The minimum absolute atomic E-state index is 0.0973. The molecule has 1 atom stereocenters. The van der Waals surface area contributed by atoms with Crippen LogP contribution in [0.2, 0.25) is 0 Å². The molecule has 0 N–H and O–H groups in total. The van der Waals surface area contributed by atoms with Crippen molar-refractivity contribution in [1.29, 1.82) is 0 Å². The number of benzene rings is 1. The Morgan fingerprint density at radius 2 is 2.00 bits per heavy atom. The van der Waals surface area contributed by atoms with Gasteiger partial charge in [-0.25, -0.2) is 0 Å². The zero-order valence-corrected chi connectivity index (χ0v) is 12.7. The first-order chi connectivity index (χ1) is 7.51. The first-order valence-electron chi connectivity index (χ1n) is 4.90. The molecule has 2 nitrogen and oxygen atoms in total. The van der Waals surface area contributed by atoms with Crippen LogP contribution in [-0.4, -0.2) is 23.1 Å². The molecule has 0 amide bonds. The Bertz CT molecular complexity index is 402. The number of ketones is 1. The molecule has 1 rings (SSSR count). The number of halogens is 2. The van der Waals surface area contributed by atoms with Gasteiger partial charge in [-0.15, -0.1) is 0 Å². The number of hydrogen-bond donors (Lipinski definition) is 0. The number of rotatable bonds is 4. The van der Waals surface area contributed by atoms with Crippen LogP contribution in [0.3, 0.4) is 0 Å². The first kappa shape index (κ1) is 13.7. The Morgan fingerprint density at radius 1 is 1.38 bits per heavy atom. The van der Waals surface area contributed by atoms with Crippen LogP contribution in [0.5, 0.6) is 5.75 Å². The highest BCUT2D eigenvalue weighted by Crippen LogP contribution is 2.24. The molecule has 1 aromatic carbocycles. The molecule has 0 aliphatic carbocycles. The van der Waals surface area contributed by atoms with Crippen LogP contribution in [0.1, 0.15) is 21.5 Å². The van der Waals surface area contributed by atoms with Crippen molar-refractivity contribution in [2.24, 2.45) is 0 Å². The highest BCUT2D eigenvalue weighted by molar-refractivity contribution is 9.12. The van der Waals surface area contributed by atoms with Crippen molar-refractivity contribution in [3.63, 3.8) is 0 Å². The van der Waals surface area contributed by atoms with Crippen molar-refractivity contribution in [2.75, 3.05) is 12.4 Å². The normalized spacial score (nSPS) is 12.3. The monoisotopic (exact) mass is 348 g/mol. The number of alkyl halides is 2. The molecule has 0 aliphatic rings. The molecule has 0 saturated carbocycles. The number of carbonyl (C=O) groups is 1. The van der Waals surface area contributed by atoms with E-state index in [0.29, 0.717) is 5.33 Å². The molecule has 0 aliphatic heterocycles. The summed E-state index contributed by atoms with van der Waals surface area (Å²) >= 11 is 6.64. The lowest BCUT2D eigenvalue weighted by Gasteiger charge is -2.12. The molecular weight excluding hydrogens is 336 g/mol. The van der Waals surface area contributed by atoms with E-state index >= 15 is 0 Å². The molecular formula is C12H14Br2O2. The second-order valence-electron chi connectivity index (χ2n) is 3.62. The van der Waals surface area contributed by atoms with Gasteiger partial charge >= 0.3 is 0 Å². The van der Waals surface area contributed by atoms with Gasteiger partial charge in [-0.3, -0.25) is 4.79 Å². The van der Waals surface area contributed by atoms with Gasteiger partial charge in [0.15, 0.2) is 5.78 Å². The summed E-state index contributed by atoms with van der Waals surface area (Å²) in [5.74, 6) is 0.916. The molecule has 0 radical (unpaired) electrons. The van der Waals surface area contributed by atoms with Gasteiger partial charge in [-0.1, -0.05) is 31.9 Å². The second-order valence-corrected chi connectivity index (χ2v) is 5.38. The maximum Gasteiger partial charge on any atom is 0.177 e. The zero-order valence-electron chi connectivity index (χ0n) is 9.51. The molecule has 0 fully saturated rings. The van der Waals surface area contributed by atoms with Gasteiger partial charge in [-0.05, 0) is 37.1 Å². The number of carbonyl (C=O) groups excluding carboxylic acids is 1. The summed E-state index contributed by atoms with van der Waals surface area (Å²) in [6, 6.07) is 3.78. The number of hydrogen-bond acceptors (Lipinski definition) is 2. The van der Waals surface area contributed by atoms with Crippen molar-refractivity contribution >= 4 is 37.6 Å². The second kappa shape index (κ2) is 5.82. The Kier molecular flexibility index (Phi) is 4.99. The maximum atomic E-state index is 12.0. The molecule has 0 saturated heterocycles. The lowest BCUT2D eigenvalue weighted by atomic mass is 10.00. The molecule has 1 unspecified atom stereocenters. The summed E-state index contributed by atoms with van der Waals surface area (Å²) in [6.07, 6.45) is 0. The van der Waals surface area contributed by atoms with E-state index in [4.69, 9.17) is 4.74 Å². The standard InChI is InChI=1S/C12H14Br2O2/c1-7-5-11(16-3)8(2)4-9(7)12(15)10(14)6-13/h4-5,10H,6H2,1-3H3. The molecule has 0 spiro atoms. The highest BCUT2D eigenvalue weighted by Gasteiger charge is 2.18. The van der Waals surface area contributed by atoms with E-state index in [-0.39, 0.29) is 10.6 Å². The van der Waals surface area contributed by atoms with E-state index in [0.717, 1.165) is 22.4 Å². The summed E-state index contributed by atoms with van der Waals surface area (Å²) in [5, 5.41) is 0.607. The van der Waals surface area contributed by atoms with Crippen LogP contribution in [0.15, 0.2) is 12.1 Å². The molecule has 0 bridgehead atoms. The van der Waals surface area contributed by atoms with Gasteiger partial charge in [0, 0.05) is 10.9 Å². The third-order valence-electron chi connectivity index (χ3n) is 2.43.